The van der Waals surface area contributed by atoms with Gasteiger partial charge >= 0.3 is 0 Å². The number of carbonyl (C=O) groups excluding carboxylic acids is 1. The molecular weight excluding hydrogens is 302 g/mol. The van der Waals surface area contributed by atoms with E-state index in [0.29, 0.717) is 6.61 Å². The molecule has 1 saturated heterocycles. The molecule has 0 spiro atoms. The van der Waals surface area contributed by atoms with Crippen LogP contribution < -0.4 is 10.1 Å². The zero-order valence-corrected chi connectivity index (χ0v) is 14.9. The number of nitrogens with zero attached hydrogens (tertiary/aromatic N) is 2. The van der Waals surface area contributed by atoms with Gasteiger partial charge in [0.2, 0.25) is 0 Å². The number of fused-ring (bicyclic) bond motifs is 1. The van der Waals surface area contributed by atoms with Gasteiger partial charge in [-0.1, -0.05) is 0 Å². The van der Waals surface area contributed by atoms with E-state index < -0.39 is 0 Å². The highest BCUT2D eigenvalue weighted by Crippen LogP contribution is 2.30. The molecule has 0 radical (unpaired) electrons. The second-order valence-corrected chi connectivity index (χ2v) is 6.23. The lowest BCUT2D eigenvalue weighted by Gasteiger charge is -2.21. The quantitative estimate of drug-likeness (QED) is 0.938. The second-order valence-electron chi connectivity index (χ2n) is 6.23. The molecule has 2 aromatic rings. The monoisotopic (exact) mass is 329 g/mol. The van der Waals surface area contributed by atoms with E-state index in [-0.39, 0.29) is 5.91 Å². The minimum atomic E-state index is 0.146. The van der Waals surface area contributed by atoms with Gasteiger partial charge in [0.15, 0.2) is 0 Å². The Morgan fingerprint density at radius 1 is 1.25 bits per heavy atom. The molecule has 2 heterocycles. The third-order valence-corrected chi connectivity index (χ3v) is 4.75. The van der Waals surface area contributed by atoms with Crippen molar-refractivity contribution < 1.29 is 9.53 Å². The summed E-state index contributed by atoms with van der Waals surface area (Å²) in [6.45, 7) is 11.0. The predicted molar refractivity (Wildman–Crippen MR) is 96.9 cm³/mol. The standard InChI is InChI=1S/C19H27N3O2/c1-4-22-17-8-7-15(24-5-2)13-16(17)14(3)18(22)19(23)21-11-6-9-20-10-12-21/h7-8,13,20H,4-6,9-12H2,1-3H3. The minimum absolute atomic E-state index is 0.146. The lowest BCUT2D eigenvalue weighted by atomic mass is 10.1. The van der Waals surface area contributed by atoms with Crippen LogP contribution >= 0.6 is 0 Å². The molecule has 0 atom stereocenters. The molecule has 5 nitrogen and oxygen atoms in total. The van der Waals surface area contributed by atoms with Gasteiger partial charge in [0.25, 0.3) is 5.91 Å². The highest BCUT2D eigenvalue weighted by Gasteiger charge is 2.25. The summed E-state index contributed by atoms with van der Waals surface area (Å²) in [7, 11) is 0. The molecule has 3 rings (SSSR count). The number of rotatable bonds is 4. The molecule has 1 amide bonds. The SMILES string of the molecule is CCOc1ccc2c(c1)c(C)c(C(=O)N1CCCNCC1)n2CC. The van der Waals surface area contributed by atoms with E-state index in [9.17, 15) is 4.79 Å². The van der Waals surface area contributed by atoms with E-state index in [1.807, 2.05) is 24.8 Å². The number of aromatic nitrogens is 1. The number of hydrogen-bond acceptors (Lipinski definition) is 3. The number of benzene rings is 1. The van der Waals surface area contributed by atoms with Gasteiger partial charge in [-0.15, -0.1) is 0 Å². The number of carbonyl (C=O) groups is 1. The number of amides is 1. The summed E-state index contributed by atoms with van der Waals surface area (Å²) >= 11 is 0. The Labute approximate surface area is 143 Å². The van der Waals surface area contributed by atoms with E-state index in [1.165, 1.54) is 0 Å². The largest absolute Gasteiger partial charge is 0.494 e. The number of nitrogens with one attached hydrogen (secondary N) is 1. The molecule has 0 unspecified atom stereocenters. The van der Waals surface area contributed by atoms with Crippen LogP contribution in [0.2, 0.25) is 0 Å². The van der Waals surface area contributed by atoms with Crippen LogP contribution in [0, 0.1) is 6.92 Å². The summed E-state index contributed by atoms with van der Waals surface area (Å²) in [6, 6.07) is 6.11. The van der Waals surface area contributed by atoms with Crippen molar-refractivity contribution in [2.45, 2.75) is 33.7 Å². The lowest BCUT2D eigenvalue weighted by Crippen LogP contribution is -2.35. The average molecular weight is 329 g/mol. The molecule has 1 aliphatic heterocycles. The van der Waals surface area contributed by atoms with E-state index in [2.05, 4.69) is 28.9 Å². The molecule has 130 valence electrons. The van der Waals surface area contributed by atoms with Crippen LogP contribution in [0.3, 0.4) is 0 Å². The lowest BCUT2D eigenvalue weighted by molar-refractivity contribution is 0.0755. The van der Waals surface area contributed by atoms with Crippen molar-refractivity contribution in [1.82, 2.24) is 14.8 Å². The van der Waals surface area contributed by atoms with Gasteiger partial charge in [0.1, 0.15) is 11.4 Å². The smallest absolute Gasteiger partial charge is 0.270 e. The van der Waals surface area contributed by atoms with Gasteiger partial charge in [-0.3, -0.25) is 4.79 Å². The van der Waals surface area contributed by atoms with E-state index in [4.69, 9.17) is 4.74 Å². The van der Waals surface area contributed by atoms with Crippen LogP contribution in [0.4, 0.5) is 0 Å². The minimum Gasteiger partial charge on any atom is -0.494 e. The zero-order valence-electron chi connectivity index (χ0n) is 14.9. The summed E-state index contributed by atoms with van der Waals surface area (Å²) in [6.07, 6.45) is 1.01. The Kier molecular flexibility index (Phi) is 5.09. The fraction of sp³-hybridized carbons (Fsp3) is 0.526. The van der Waals surface area contributed by atoms with Crippen LogP contribution in [-0.4, -0.2) is 48.2 Å². The summed E-state index contributed by atoms with van der Waals surface area (Å²) in [5.41, 5.74) is 2.98. The molecular formula is C19H27N3O2. The van der Waals surface area contributed by atoms with Gasteiger partial charge in [0, 0.05) is 37.1 Å². The third kappa shape index (κ3) is 3.00. The van der Waals surface area contributed by atoms with Crippen molar-refractivity contribution in [3.8, 4) is 5.75 Å². The Morgan fingerprint density at radius 3 is 2.83 bits per heavy atom. The molecule has 1 aliphatic rings. The van der Waals surface area contributed by atoms with Gasteiger partial charge in [-0.05, 0) is 57.5 Å². The Morgan fingerprint density at radius 2 is 2.08 bits per heavy atom. The fourth-order valence-electron chi connectivity index (χ4n) is 3.56. The van der Waals surface area contributed by atoms with E-state index >= 15 is 0 Å². The summed E-state index contributed by atoms with van der Waals surface area (Å²) in [4.78, 5) is 15.2. The maximum Gasteiger partial charge on any atom is 0.270 e. The molecule has 5 heteroatoms. The molecule has 0 saturated carbocycles. The first-order chi connectivity index (χ1) is 11.7. The van der Waals surface area contributed by atoms with Crippen molar-refractivity contribution >= 4 is 16.8 Å². The van der Waals surface area contributed by atoms with Crippen LogP contribution in [0.15, 0.2) is 18.2 Å². The zero-order chi connectivity index (χ0) is 17.1. The van der Waals surface area contributed by atoms with Crippen molar-refractivity contribution in [1.29, 1.82) is 0 Å². The second kappa shape index (κ2) is 7.26. The predicted octanol–water partition coefficient (Wildman–Crippen LogP) is 2.80. The first kappa shape index (κ1) is 16.8. The molecule has 1 aromatic carbocycles. The topological polar surface area (TPSA) is 46.5 Å². The molecule has 1 aromatic heterocycles. The number of hydrogen-bond donors (Lipinski definition) is 1. The first-order valence-corrected chi connectivity index (χ1v) is 8.93. The Bertz CT molecular complexity index is 728. The number of aryl methyl sites for hydroxylation is 2. The van der Waals surface area contributed by atoms with Crippen LogP contribution in [0.1, 0.15) is 36.3 Å². The normalized spacial score (nSPS) is 15.5. The third-order valence-electron chi connectivity index (χ3n) is 4.75. The van der Waals surface area contributed by atoms with Crippen molar-refractivity contribution in [2.24, 2.45) is 0 Å². The van der Waals surface area contributed by atoms with E-state index in [0.717, 1.165) is 67.1 Å². The molecule has 0 bridgehead atoms. The molecule has 0 aliphatic carbocycles. The highest BCUT2D eigenvalue weighted by atomic mass is 16.5. The van der Waals surface area contributed by atoms with Gasteiger partial charge in [0.05, 0.1) is 6.61 Å². The van der Waals surface area contributed by atoms with Gasteiger partial charge in [-0.2, -0.15) is 0 Å². The van der Waals surface area contributed by atoms with Crippen LogP contribution in [0.25, 0.3) is 10.9 Å². The van der Waals surface area contributed by atoms with Crippen molar-refractivity contribution in [3.63, 3.8) is 0 Å². The maximum absolute atomic E-state index is 13.2. The fourth-order valence-corrected chi connectivity index (χ4v) is 3.56. The summed E-state index contributed by atoms with van der Waals surface area (Å²) in [5.74, 6) is 1.01. The molecule has 24 heavy (non-hydrogen) atoms. The van der Waals surface area contributed by atoms with Gasteiger partial charge < -0.3 is 19.5 Å². The van der Waals surface area contributed by atoms with Crippen molar-refractivity contribution in [3.05, 3.63) is 29.5 Å². The van der Waals surface area contributed by atoms with Gasteiger partial charge in [-0.25, -0.2) is 0 Å². The summed E-state index contributed by atoms with van der Waals surface area (Å²) < 4.78 is 7.77. The molecule has 1 N–H and O–H groups in total. The Hall–Kier alpha value is -2.01. The first-order valence-electron chi connectivity index (χ1n) is 8.93. The average Bonchev–Trinajstić information content (AvgIpc) is 2.76. The molecule has 1 fully saturated rings. The Balaban J connectivity index is 2.05. The van der Waals surface area contributed by atoms with Crippen LogP contribution in [0.5, 0.6) is 5.75 Å². The van der Waals surface area contributed by atoms with Crippen molar-refractivity contribution in [2.75, 3.05) is 32.8 Å². The summed E-state index contributed by atoms with van der Waals surface area (Å²) in [5, 5.41) is 4.47. The highest BCUT2D eigenvalue weighted by molar-refractivity contribution is 6.02. The maximum atomic E-state index is 13.2. The number of ether oxygens (including phenoxy) is 1. The van der Waals surface area contributed by atoms with Crippen LogP contribution in [-0.2, 0) is 6.54 Å². The van der Waals surface area contributed by atoms with E-state index in [1.54, 1.807) is 0 Å².